The Hall–Kier alpha value is -3.89. The maximum absolute atomic E-state index is 12.9. The van der Waals surface area contributed by atoms with Crippen molar-refractivity contribution in [2.24, 2.45) is 4.99 Å². The van der Waals surface area contributed by atoms with Crippen molar-refractivity contribution in [2.45, 2.75) is 46.1 Å². The number of thiophene rings is 1. The van der Waals surface area contributed by atoms with Crippen LogP contribution < -0.4 is 10.1 Å². The molecule has 0 fully saturated rings. The maximum Gasteiger partial charge on any atom is 0.341 e. The zero-order chi connectivity index (χ0) is 32.0. The highest BCUT2D eigenvalue weighted by Crippen LogP contribution is 2.38. The molecule has 2 aromatic heterocycles. The Balaban J connectivity index is 1.55. The highest BCUT2D eigenvalue weighted by Gasteiger charge is 2.29. The van der Waals surface area contributed by atoms with Crippen molar-refractivity contribution < 1.29 is 46.6 Å². The predicted octanol–water partition coefficient (Wildman–Crippen LogP) is 2.65. The Morgan fingerprint density at radius 3 is 2.41 bits per heavy atom. The molecule has 0 aliphatic heterocycles. The van der Waals surface area contributed by atoms with E-state index in [1.165, 1.54) is 35.1 Å². The first-order valence-corrected chi connectivity index (χ1v) is 17.2. The second-order valence-electron chi connectivity index (χ2n) is 9.67. The number of amides is 2. The van der Waals surface area contributed by atoms with Gasteiger partial charge in [-0.2, -0.15) is 4.99 Å². The summed E-state index contributed by atoms with van der Waals surface area (Å²) < 4.78 is 42.5. The third-order valence-electron chi connectivity index (χ3n) is 6.51. The van der Waals surface area contributed by atoms with Gasteiger partial charge in [-0.05, 0) is 63.3 Å². The first-order chi connectivity index (χ1) is 21.0. The smallest absolute Gasteiger partial charge is 0.341 e. The number of aryl methyl sites for hydroxylation is 1. The number of sulfone groups is 1. The van der Waals surface area contributed by atoms with Gasteiger partial charge in [-0.15, -0.1) is 11.3 Å². The first kappa shape index (κ1) is 33.0. The molecule has 0 atom stereocenters. The van der Waals surface area contributed by atoms with Gasteiger partial charge in [0, 0.05) is 4.88 Å². The summed E-state index contributed by atoms with van der Waals surface area (Å²) in [5.74, 6) is -5.85. The molecule has 1 aromatic carbocycles. The highest BCUT2D eigenvalue weighted by atomic mass is 32.2. The summed E-state index contributed by atoms with van der Waals surface area (Å²) in [6.07, 6.45) is 3.22. The van der Waals surface area contributed by atoms with Crippen molar-refractivity contribution in [3.8, 4) is 0 Å². The largest absolute Gasteiger partial charge is 0.465 e. The zero-order valence-electron chi connectivity index (χ0n) is 24.3. The fraction of sp³-hybridized carbons (Fsp3) is 0.429. The Bertz CT molecular complexity index is 1800. The van der Waals surface area contributed by atoms with Crippen molar-refractivity contribution in [2.75, 3.05) is 37.1 Å². The minimum atomic E-state index is -4.29. The van der Waals surface area contributed by atoms with Crippen LogP contribution in [0.1, 0.15) is 57.8 Å². The monoisotopic (exact) mass is 665 g/mol. The maximum atomic E-state index is 12.9. The van der Waals surface area contributed by atoms with Gasteiger partial charge in [0.05, 0.1) is 41.7 Å². The second-order valence-corrected chi connectivity index (χ2v) is 13.9. The number of fused-ring (bicyclic) bond motifs is 2. The predicted molar refractivity (Wildman–Crippen MR) is 163 cm³/mol. The fourth-order valence-corrected chi connectivity index (χ4v) is 8.10. The molecule has 0 unspecified atom stereocenters. The standard InChI is InChI=1S/C28H31N3O10S3/c1-4-40-23(34)13-31-18-11-10-16(26(35)39-3)12-20(18)43-28(31)30-22(33)15-44(37,38)14-21(32)29-25-24(27(36)41-5-2)17-8-6-7-9-19(17)42-25/h10-12H,4-9,13-15H2,1-3H3,(H,29,32). The summed E-state index contributed by atoms with van der Waals surface area (Å²) in [5, 5.41) is 2.76. The number of nitrogens with zero attached hydrogens (tertiary/aromatic N) is 2. The van der Waals surface area contributed by atoms with Crippen LogP contribution in [-0.4, -0.2) is 74.5 Å². The number of nitrogens with one attached hydrogen (secondary N) is 1. The molecule has 13 nitrogen and oxygen atoms in total. The number of esters is 3. The molecular weight excluding hydrogens is 635 g/mol. The zero-order valence-corrected chi connectivity index (χ0v) is 26.7. The normalized spacial score (nSPS) is 13.3. The molecule has 0 saturated carbocycles. The lowest BCUT2D eigenvalue weighted by atomic mass is 9.95. The van der Waals surface area contributed by atoms with Crippen LogP contribution in [-0.2, 0) is 57.8 Å². The van der Waals surface area contributed by atoms with Gasteiger partial charge < -0.3 is 24.1 Å². The third-order valence-corrected chi connectivity index (χ3v) is 10.2. The highest BCUT2D eigenvalue weighted by molar-refractivity contribution is 7.92. The lowest BCUT2D eigenvalue weighted by Gasteiger charge is -2.12. The molecule has 44 heavy (non-hydrogen) atoms. The van der Waals surface area contributed by atoms with E-state index in [0.29, 0.717) is 16.6 Å². The second kappa shape index (κ2) is 14.3. The number of thiazole rings is 1. The molecular formula is C28H31N3O10S3. The van der Waals surface area contributed by atoms with E-state index in [9.17, 15) is 32.4 Å². The average Bonchev–Trinajstić information content (AvgIpc) is 3.48. The SMILES string of the molecule is CCOC(=O)Cn1c(=NC(=O)CS(=O)(=O)CC(=O)Nc2sc3c(c2C(=O)OCC)CCCC3)sc2cc(C(=O)OC)ccc21. The van der Waals surface area contributed by atoms with Crippen LogP contribution in [0.3, 0.4) is 0 Å². The number of hydrogen-bond acceptors (Lipinski definition) is 12. The van der Waals surface area contributed by atoms with Gasteiger partial charge in [-0.25, -0.2) is 18.0 Å². The summed E-state index contributed by atoms with van der Waals surface area (Å²) in [4.78, 5) is 67.4. The number of carbonyl (C=O) groups is 5. The molecule has 0 spiro atoms. The minimum Gasteiger partial charge on any atom is -0.465 e. The summed E-state index contributed by atoms with van der Waals surface area (Å²) in [5.41, 5.74) is 1.74. The van der Waals surface area contributed by atoms with E-state index in [2.05, 4.69) is 10.3 Å². The van der Waals surface area contributed by atoms with Crippen LogP contribution >= 0.6 is 22.7 Å². The molecule has 0 radical (unpaired) electrons. The average molecular weight is 666 g/mol. The van der Waals surface area contributed by atoms with E-state index in [0.717, 1.165) is 41.0 Å². The molecule has 236 valence electrons. The van der Waals surface area contributed by atoms with Crippen molar-refractivity contribution >= 4 is 77.5 Å². The van der Waals surface area contributed by atoms with Gasteiger partial charge in [0.1, 0.15) is 23.1 Å². The van der Waals surface area contributed by atoms with Crippen molar-refractivity contribution in [1.29, 1.82) is 0 Å². The van der Waals surface area contributed by atoms with E-state index in [-0.39, 0.29) is 40.7 Å². The van der Waals surface area contributed by atoms with Gasteiger partial charge in [0.15, 0.2) is 14.6 Å². The molecule has 0 saturated heterocycles. The molecule has 16 heteroatoms. The molecule has 2 heterocycles. The lowest BCUT2D eigenvalue weighted by Crippen LogP contribution is -2.29. The Morgan fingerprint density at radius 2 is 1.70 bits per heavy atom. The molecule has 0 bridgehead atoms. The van der Waals surface area contributed by atoms with E-state index < -0.39 is 51.1 Å². The quantitative estimate of drug-likeness (QED) is 0.237. The van der Waals surface area contributed by atoms with Crippen LogP contribution in [0.25, 0.3) is 10.2 Å². The molecule has 1 N–H and O–H groups in total. The number of hydrogen-bond donors (Lipinski definition) is 1. The Morgan fingerprint density at radius 1 is 0.977 bits per heavy atom. The number of carbonyl (C=O) groups excluding carboxylic acids is 5. The van der Waals surface area contributed by atoms with Crippen LogP contribution in [0.15, 0.2) is 23.2 Å². The van der Waals surface area contributed by atoms with Gasteiger partial charge >= 0.3 is 17.9 Å². The summed E-state index contributed by atoms with van der Waals surface area (Å²) in [6.45, 7) is 3.25. The first-order valence-electron chi connectivity index (χ1n) is 13.7. The third kappa shape index (κ3) is 7.78. The van der Waals surface area contributed by atoms with Crippen molar-refractivity contribution in [3.05, 3.63) is 44.6 Å². The molecule has 4 rings (SSSR count). The Labute approximate surface area is 260 Å². The summed E-state index contributed by atoms with van der Waals surface area (Å²) in [6, 6.07) is 4.54. The van der Waals surface area contributed by atoms with Crippen molar-refractivity contribution in [1.82, 2.24) is 4.57 Å². The lowest BCUT2D eigenvalue weighted by molar-refractivity contribution is -0.143. The van der Waals surface area contributed by atoms with Crippen LogP contribution in [0.5, 0.6) is 0 Å². The molecule has 2 amide bonds. The van der Waals surface area contributed by atoms with Gasteiger partial charge in [-0.3, -0.25) is 14.4 Å². The van der Waals surface area contributed by atoms with Gasteiger partial charge in [0.25, 0.3) is 5.91 Å². The van der Waals surface area contributed by atoms with Crippen molar-refractivity contribution in [3.63, 3.8) is 0 Å². The van der Waals surface area contributed by atoms with E-state index >= 15 is 0 Å². The van der Waals surface area contributed by atoms with E-state index in [4.69, 9.17) is 14.2 Å². The number of rotatable bonds is 11. The molecule has 3 aromatic rings. The van der Waals surface area contributed by atoms with E-state index in [1.54, 1.807) is 19.9 Å². The van der Waals surface area contributed by atoms with Gasteiger partial charge in [-0.1, -0.05) is 11.3 Å². The number of methoxy groups -OCH3 is 1. The van der Waals surface area contributed by atoms with E-state index in [1.807, 2.05) is 0 Å². The topological polar surface area (TPSA) is 176 Å². The van der Waals surface area contributed by atoms with Crippen LogP contribution in [0.4, 0.5) is 5.00 Å². The minimum absolute atomic E-state index is 0.00275. The molecule has 1 aliphatic carbocycles. The van der Waals surface area contributed by atoms with Gasteiger partial charge in [0.2, 0.25) is 5.91 Å². The number of aromatic nitrogens is 1. The van der Waals surface area contributed by atoms with Crippen LogP contribution in [0, 0.1) is 0 Å². The number of ether oxygens (including phenoxy) is 3. The Kier molecular flexibility index (Phi) is 10.7. The summed E-state index contributed by atoms with van der Waals surface area (Å²) >= 11 is 2.18. The molecule has 1 aliphatic rings. The number of anilines is 1. The number of benzene rings is 1. The summed E-state index contributed by atoms with van der Waals surface area (Å²) in [7, 11) is -3.05. The fourth-order valence-electron chi connectivity index (χ4n) is 4.71. The van der Waals surface area contributed by atoms with Crippen LogP contribution in [0.2, 0.25) is 0 Å².